The topological polar surface area (TPSA) is 70.7 Å². The van der Waals surface area contributed by atoms with Crippen molar-refractivity contribution in [2.75, 3.05) is 5.32 Å². The van der Waals surface area contributed by atoms with Crippen LogP contribution in [0.25, 0.3) is 11.8 Å². The minimum atomic E-state index is -0.452. The van der Waals surface area contributed by atoms with Gasteiger partial charge in [-0.05, 0) is 63.1 Å². The van der Waals surface area contributed by atoms with E-state index < -0.39 is 5.91 Å². The third-order valence-corrected chi connectivity index (χ3v) is 5.06. The molecular formula is C21H20N4OS. The number of anilines is 1. The number of nitrogens with one attached hydrogen (secondary N) is 1. The van der Waals surface area contributed by atoms with Gasteiger partial charge in [0.25, 0.3) is 5.91 Å². The number of hydrogen-bond donors (Lipinski definition) is 1. The highest BCUT2D eigenvalue weighted by Gasteiger charge is 2.15. The van der Waals surface area contributed by atoms with Crippen molar-refractivity contribution < 1.29 is 4.79 Å². The lowest BCUT2D eigenvalue weighted by Crippen LogP contribution is -2.13. The van der Waals surface area contributed by atoms with Crippen LogP contribution in [0.3, 0.4) is 0 Å². The van der Waals surface area contributed by atoms with Crippen LogP contribution in [0.15, 0.2) is 42.1 Å². The van der Waals surface area contributed by atoms with Crippen molar-refractivity contribution in [3.63, 3.8) is 0 Å². The fraction of sp³-hybridized carbons (Fsp3) is 0.190. The Bertz CT molecular complexity index is 1080. The fourth-order valence-electron chi connectivity index (χ4n) is 2.98. The highest BCUT2D eigenvalue weighted by Crippen LogP contribution is 2.24. The van der Waals surface area contributed by atoms with E-state index in [1.54, 1.807) is 12.3 Å². The van der Waals surface area contributed by atoms with Crippen LogP contribution >= 0.6 is 11.3 Å². The molecule has 3 aromatic rings. The van der Waals surface area contributed by atoms with E-state index in [4.69, 9.17) is 0 Å². The second kappa shape index (κ2) is 7.60. The predicted molar refractivity (Wildman–Crippen MR) is 109 cm³/mol. The van der Waals surface area contributed by atoms with E-state index in [1.165, 1.54) is 16.9 Å². The number of hydrogen-bond acceptors (Lipinski definition) is 4. The lowest BCUT2D eigenvalue weighted by atomic mass is 10.1. The number of carbonyl (C=O) groups excluding carboxylic acids is 1. The number of nitriles is 1. The average Bonchev–Trinajstić information content (AvgIpc) is 3.15. The number of nitrogens with zero attached hydrogens (tertiary/aromatic N) is 3. The van der Waals surface area contributed by atoms with E-state index in [0.717, 1.165) is 27.5 Å². The minimum absolute atomic E-state index is 0.0485. The molecule has 27 heavy (non-hydrogen) atoms. The molecule has 0 unspecified atom stereocenters. The molecule has 0 aliphatic heterocycles. The quantitative estimate of drug-likeness (QED) is 0.529. The molecule has 1 aromatic carbocycles. The van der Waals surface area contributed by atoms with E-state index in [9.17, 15) is 10.1 Å². The van der Waals surface area contributed by atoms with E-state index in [1.807, 2.05) is 45.0 Å². The smallest absolute Gasteiger partial charge is 0.268 e. The molecule has 0 aliphatic carbocycles. The molecule has 0 atom stereocenters. The summed E-state index contributed by atoms with van der Waals surface area (Å²) in [6.45, 7) is 7.96. The number of thiazole rings is 1. The Hall–Kier alpha value is -3.17. The van der Waals surface area contributed by atoms with Gasteiger partial charge in [0.05, 0.1) is 0 Å². The molecule has 0 saturated carbocycles. The molecule has 0 spiro atoms. The number of aryl methyl sites for hydroxylation is 3. The average molecular weight is 376 g/mol. The molecule has 0 radical (unpaired) electrons. The van der Waals surface area contributed by atoms with Crippen molar-refractivity contribution >= 4 is 28.5 Å². The van der Waals surface area contributed by atoms with E-state index >= 15 is 0 Å². The van der Waals surface area contributed by atoms with Gasteiger partial charge in [0.2, 0.25) is 0 Å². The third kappa shape index (κ3) is 3.99. The zero-order valence-electron chi connectivity index (χ0n) is 15.7. The Labute approximate surface area is 162 Å². The molecular weight excluding hydrogens is 356 g/mol. The largest absolute Gasteiger partial charge is 0.318 e. The Balaban J connectivity index is 1.94. The summed E-state index contributed by atoms with van der Waals surface area (Å²) in [4.78, 5) is 17.5. The highest BCUT2D eigenvalue weighted by molar-refractivity contribution is 7.15. The minimum Gasteiger partial charge on any atom is -0.318 e. The number of carbonyl (C=O) groups is 1. The first-order chi connectivity index (χ1) is 12.9. The van der Waals surface area contributed by atoms with E-state index in [-0.39, 0.29) is 5.57 Å². The molecule has 5 nitrogen and oxygen atoms in total. The first kappa shape index (κ1) is 18.6. The van der Waals surface area contributed by atoms with Gasteiger partial charge in [-0.15, -0.1) is 11.3 Å². The summed E-state index contributed by atoms with van der Waals surface area (Å²) >= 11 is 1.37. The Morgan fingerprint density at radius 2 is 2.04 bits per heavy atom. The van der Waals surface area contributed by atoms with Crippen LogP contribution in [-0.2, 0) is 4.79 Å². The van der Waals surface area contributed by atoms with Gasteiger partial charge >= 0.3 is 0 Å². The van der Waals surface area contributed by atoms with Crippen LogP contribution in [0.1, 0.15) is 27.4 Å². The summed E-state index contributed by atoms with van der Waals surface area (Å²) in [5, 5.41) is 12.6. The van der Waals surface area contributed by atoms with Gasteiger partial charge in [0.15, 0.2) is 5.13 Å². The second-order valence-corrected chi connectivity index (χ2v) is 7.64. The van der Waals surface area contributed by atoms with Crippen LogP contribution in [0.4, 0.5) is 5.13 Å². The number of amides is 1. The van der Waals surface area contributed by atoms with Crippen molar-refractivity contribution in [2.45, 2.75) is 27.7 Å². The lowest BCUT2D eigenvalue weighted by Gasteiger charge is -2.10. The molecule has 2 heterocycles. The van der Waals surface area contributed by atoms with Gasteiger partial charge in [-0.2, -0.15) is 5.26 Å². The monoisotopic (exact) mass is 376 g/mol. The maximum absolute atomic E-state index is 12.4. The number of aromatic nitrogens is 2. The Morgan fingerprint density at radius 3 is 2.67 bits per heavy atom. The summed E-state index contributed by atoms with van der Waals surface area (Å²) in [5.41, 5.74) is 5.14. The molecule has 136 valence electrons. The summed E-state index contributed by atoms with van der Waals surface area (Å²) in [5.74, 6) is -0.452. The van der Waals surface area contributed by atoms with Gasteiger partial charge < -0.3 is 4.57 Å². The van der Waals surface area contributed by atoms with Gasteiger partial charge in [-0.3, -0.25) is 10.1 Å². The van der Waals surface area contributed by atoms with E-state index in [0.29, 0.717) is 5.13 Å². The lowest BCUT2D eigenvalue weighted by molar-refractivity contribution is -0.112. The molecule has 0 fully saturated rings. The van der Waals surface area contributed by atoms with Crippen molar-refractivity contribution in [1.29, 1.82) is 5.26 Å². The number of rotatable bonds is 4. The summed E-state index contributed by atoms with van der Waals surface area (Å²) in [7, 11) is 0. The van der Waals surface area contributed by atoms with Crippen molar-refractivity contribution in [3.8, 4) is 11.8 Å². The van der Waals surface area contributed by atoms with Gasteiger partial charge in [0.1, 0.15) is 11.6 Å². The van der Waals surface area contributed by atoms with Crippen LogP contribution < -0.4 is 5.32 Å². The number of benzene rings is 1. The molecule has 2 aromatic heterocycles. The maximum Gasteiger partial charge on any atom is 0.268 e. The predicted octanol–water partition coefficient (Wildman–Crippen LogP) is 4.71. The molecule has 0 aliphatic rings. The zero-order chi connectivity index (χ0) is 19.6. The first-order valence-corrected chi connectivity index (χ1v) is 9.32. The normalized spacial score (nSPS) is 11.3. The summed E-state index contributed by atoms with van der Waals surface area (Å²) in [6.07, 6.45) is 3.32. The molecule has 0 bridgehead atoms. The van der Waals surface area contributed by atoms with Crippen molar-refractivity contribution in [1.82, 2.24) is 9.55 Å². The highest BCUT2D eigenvalue weighted by atomic mass is 32.1. The molecule has 3 rings (SSSR count). The molecule has 0 saturated heterocycles. The SMILES string of the molecule is Cc1cccc(-n2c(C)cc(C=C(C#N)C(=O)Nc3ncc(C)s3)c2C)c1. The third-order valence-electron chi connectivity index (χ3n) is 4.24. The van der Waals surface area contributed by atoms with Gasteiger partial charge in [0, 0.05) is 28.1 Å². The molecule has 1 N–H and O–H groups in total. The Kier molecular flexibility index (Phi) is 5.24. The van der Waals surface area contributed by atoms with Gasteiger partial charge in [-0.25, -0.2) is 4.98 Å². The van der Waals surface area contributed by atoms with Gasteiger partial charge in [-0.1, -0.05) is 12.1 Å². The molecule has 6 heteroatoms. The van der Waals surface area contributed by atoms with Crippen LogP contribution in [0.2, 0.25) is 0 Å². The first-order valence-electron chi connectivity index (χ1n) is 8.50. The van der Waals surface area contributed by atoms with Crippen molar-refractivity contribution in [2.24, 2.45) is 0 Å². The van der Waals surface area contributed by atoms with Crippen LogP contribution in [0.5, 0.6) is 0 Å². The Morgan fingerprint density at radius 1 is 1.26 bits per heavy atom. The van der Waals surface area contributed by atoms with Crippen molar-refractivity contribution in [3.05, 3.63) is 69.5 Å². The van der Waals surface area contributed by atoms with Crippen LogP contribution in [0, 0.1) is 39.0 Å². The standard InChI is InChI=1S/C21H20N4OS/c1-13-6-5-7-19(8-13)25-14(2)9-17(16(25)4)10-18(11-22)20(26)24-21-23-12-15(3)27-21/h5-10,12H,1-4H3,(H,23,24,26). The summed E-state index contributed by atoms with van der Waals surface area (Å²) < 4.78 is 2.12. The zero-order valence-corrected chi connectivity index (χ0v) is 16.5. The second-order valence-electron chi connectivity index (χ2n) is 6.40. The summed E-state index contributed by atoms with van der Waals surface area (Å²) in [6, 6.07) is 12.2. The maximum atomic E-state index is 12.4. The fourth-order valence-corrected chi connectivity index (χ4v) is 3.64. The van der Waals surface area contributed by atoms with Crippen LogP contribution in [-0.4, -0.2) is 15.5 Å². The van der Waals surface area contributed by atoms with E-state index in [2.05, 4.69) is 33.9 Å². The molecule has 1 amide bonds.